The number of aryl methyl sites for hydroxylation is 2. The molecule has 2 aromatic rings. The Morgan fingerprint density at radius 3 is 2.52 bits per heavy atom. The Kier molecular flexibility index (Phi) is 4.86. The van der Waals surface area contributed by atoms with Crippen LogP contribution >= 0.6 is 11.6 Å². The standard InChI is InChI=1S/C17H18ClFO2/c1-10-7-11(2)16(15(19)8-10)17(20)12(3)21-14-6-4-5-13(18)9-14/h4-9,12,17,20H,1-3H3. The maximum absolute atomic E-state index is 14.1. The molecule has 0 aromatic heterocycles. The van der Waals surface area contributed by atoms with E-state index in [4.69, 9.17) is 16.3 Å². The molecule has 0 heterocycles. The molecule has 2 unspecified atom stereocenters. The van der Waals surface area contributed by atoms with Crippen LogP contribution in [0.3, 0.4) is 0 Å². The van der Waals surface area contributed by atoms with Crippen molar-refractivity contribution in [3.05, 3.63) is 63.9 Å². The van der Waals surface area contributed by atoms with Gasteiger partial charge in [0.2, 0.25) is 0 Å². The Hall–Kier alpha value is -1.58. The fraction of sp³-hybridized carbons (Fsp3) is 0.294. The van der Waals surface area contributed by atoms with Gasteiger partial charge in [0, 0.05) is 10.6 Å². The van der Waals surface area contributed by atoms with Crippen LogP contribution in [0.25, 0.3) is 0 Å². The van der Waals surface area contributed by atoms with Gasteiger partial charge in [0.15, 0.2) is 0 Å². The molecule has 0 aliphatic rings. The van der Waals surface area contributed by atoms with Gasteiger partial charge in [-0.1, -0.05) is 23.7 Å². The van der Waals surface area contributed by atoms with Gasteiger partial charge >= 0.3 is 0 Å². The summed E-state index contributed by atoms with van der Waals surface area (Å²) in [5.41, 5.74) is 1.81. The van der Waals surface area contributed by atoms with Crippen LogP contribution in [0.4, 0.5) is 4.39 Å². The molecule has 0 aliphatic carbocycles. The Morgan fingerprint density at radius 1 is 1.19 bits per heavy atom. The van der Waals surface area contributed by atoms with Crippen molar-refractivity contribution < 1.29 is 14.2 Å². The van der Waals surface area contributed by atoms with E-state index in [0.717, 1.165) is 5.56 Å². The predicted octanol–water partition coefficient (Wildman–Crippen LogP) is 4.60. The van der Waals surface area contributed by atoms with Gasteiger partial charge < -0.3 is 9.84 Å². The predicted molar refractivity (Wildman–Crippen MR) is 82.4 cm³/mol. The van der Waals surface area contributed by atoms with Crippen LogP contribution in [0, 0.1) is 19.7 Å². The van der Waals surface area contributed by atoms with Crippen molar-refractivity contribution in [2.45, 2.75) is 33.0 Å². The molecule has 0 radical (unpaired) electrons. The van der Waals surface area contributed by atoms with Crippen molar-refractivity contribution in [3.8, 4) is 5.75 Å². The van der Waals surface area contributed by atoms with Crippen LogP contribution in [-0.4, -0.2) is 11.2 Å². The van der Waals surface area contributed by atoms with Crippen LogP contribution in [0.15, 0.2) is 36.4 Å². The van der Waals surface area contributed by atoms with E-state index in [9.17, 15) is 9.50 Å². The van der Waals surface area contributed by atoms with Crippen molar-refractivity contribution in [2.24, 2.45) is 0 Å². The fourth-order valence-electron chi connectivity index (χ4n) is 2.36. The minimum Gasteiger partial charge on any atom is -0.488 e. The summed E-state index contributed by atoms with van der Waals surface area (Å²) in [6.45, 7) is 5.29. The molecular weight excluding hydrogens is 291 g/mol. The number of hydrogen-bond acceptors (Lipinski definition) is 2. The van der Waals surface area contributed by atoms with E-state index < -0.39 is 18.0 Å². The van der Waals surface area contributed by atoms with Crippen molar-refractivity contribution in [3.63, 3.8) is 0 Å². The molecule has 2 aromatic carbocycles. The van der Waals surface area contributed by atoms with Crippen molar-refractivity contribution in [1.29, 1.82) is 0 Å². The molecule has 112 valence electrons. The van der Waals surface area contributed by atoms with Gasteiger partial charge in [-0.3, -0.25) is 0 Å². The van der Waals surface area contributed by atoms with Crippen molar-refractivity contribution >= 4 is 11.6 Å². The zero-order valence-corrected chi connectivity index (χ0v) is 13.0. The normalized spacial score (nSPS) is 13.8. The minimum atomic E-state index is -1.05. The number of rotatable bonds is 4. The van der Waals surface area contributed by atoms with Gasteiger partial charge in [0.25, 0.3) is 0 Å². The number of halogens is 2. The fourth-order valence-corrected chi connectivity index (χ4v) is 2.54. The van der Waals surface area contributed by atoms with Gasteiger partial charge in [-0.25, -0.2) is 4.39 Å². The van der Waals surface area contributed by atoms with Crippen LogP contribution in [0.5, 0.6) is 5.75 Å². The van der Waals surface area contributed by atoms with Gasteiger partial charge in [-0.15, -0.1) is 0 Å². The minimum absolute atomic E-state index is 0.273. The summed E-state index contributed by atoms with van der Waals surface area (Å²) >= 11 is 5.89. The topological polar surface area (TPSA) is 29.5 Å². The van der Waals surface area contributed by atoms with Crippen molar-refractivity contribution in [1.82, 2.24) is 0 Å². The zero-order valence-electron chi connectivity index (χ0n) is 12.2. The summed E-state index contributed by atoms with van der Waals surface area (Å²) in [7, 11) is 0. The molecule has 2 atom stereocenters. The summed E-state index contributed by atoms with van der Waals surface area (Å²) in [5, 5.41) is 10.9. The molecule has 21 heavy (non-hydrogen) atoms. The largest absolute Gasteiger partial charge is 0.488 e. The lowest BCUT2D eigenvalue weighted by Gasteiger charge is -2.23. The molecule has 1 N–H and O–H groups in total. The first-order valence-electron chi connectivity index (χ1n) is 6.75. The van der Waals surface area contributed by atoms with Gasteiger partial charge in [-0.2, -0.15) is 0 Å². The first kappa shape index (κ1) is 15.8. The Bertz CT molecular complexity index is 619. The van der Waals surface area contributed by atoms with E-state index >= 15 is 0 Å². The highest BCUT2D eigenvalue weighted by Crippen LogP contribution is 2.28. The van der Waals surface area contributed by atoms with Gasteiger partial charge in [-0.05, 0) is 56.2 Å². The van der Waals surface area contributed by atoms with E-state index in [1.165, 1.54) is 6.07 Å². The molecule has 0 aliphatic heterocycles. The molecule has 0 amide bonds. The third kappa shape index (κ3) is 3.74. The monoisotopic (exact) mass is 308 g/mol. The van der Waals surface area contributed by atoms with E-state index in [2.05, 4.69) is 0 Å². The van der Waals surface area contributed by atoms with Crippen LogP contribution in [-0.2, 0) is 0 Å². The summed E-state index contributed by atoms with van der Waals surface area (Å²) < 4.78 is 19.7. The third-order valence-electron chi connectivity index (χ3n) is 3.34. The van der Waals surface area contributed by atoms with E-state index in [-0.39, 0.29) is 5.56 Å². The van der Waals surface area contributed by atoms with E-state index in [1.807, 2.05) is 13.0 Å². The summed E-state index contributed by atoms with van der Waals surface area (Å²) in [5.74, 6) is 0.126. The first-order chi connectivity index (χ1) is 9.88. The lowest BCUT2D eigenvalue weighted by Crippen LogP contribution is -2.23. The molecular formula is C17H18ClFO2. The second-order valence-electron chi connectivity index (χ2n) is 5.20. The smallest absolute Gasteiger partial charge is 0.129 e. The molecule has 0 bridgehead atoms. The highest BCUT2D eigenvalue weighted by Gasteiger charge is 2.23. The average molecular weight is 309 g/mol. The molecule has 2 rings (SSSR count). The number of hydrogen-bond donors (Lipinski definition) is 1. The van der Waals surface area contributed by atoms with Gasteiger partial charge in [0.1, 0.15) is 23.8 Å². The summed E-state index contributed by atoms with van der Waals surface area (Å²) in [6.07, 6.45) is -1.65. The summed E-state index contributed by atoms with van der Waals surface area (Å²) in [6, 6.07) is 10.1. The highest BCUT2D eigenvalue weighted by molar-refractivity contribution is 6.30. The first-order valence-corrected chi connectivity index (χ1v) is 7.13. The number of benzene rings is 2. The second-order valence-corrected chi connectivity index (χ2v) is 5.64. The average Bonchev–Trinajstić information content (AvgIpc) is 2.37. The number of aliphatic hydroxyl groups is 1. The molecule has 4 heteroatoms. The maximum Gasteiger partial charge on any atom is 0.129 e. The molecule has 0 fully saturated rings. The maximum atomic E-state index is 14.1. The van der Waals surface area contributed by atoms with Crippen molar-refractivity contribution in [2.75, 3.05) is 0 Å². The molecule has 2 nitrogen and oxygen atoms in total. The number of ether oxygens (including phenoxy) is 1. The summed E-state index contributed by atoms with van der Waals surface area (Å²) in [4.78, 5) is 0. The molecule has 0 saturated heterocycles. The van der Waals surface area contributed by atoms with Crippen LogP contribution < -0.4 is 4.74 Å². The van der Waals surface area contributed by atoms with Gasteiger partial charge in [0.05, 0.1) is 0 Å². The van der Waals surface area contributed by atoms with E-state index in [1.54, 1.807) is 38.1 Å². The van der Waals surface area contributed by atoms with Crippen LogP contribution in [0.2, 0.25) is 5.02 Å². The quantitative estimate of drug-likeness (QED) is 0.894. The molecule has 0 spiro atoms. The van der Waals surface area contributed by atoms with Crippen LogP contribution in [0.1, 0.15) is 29.7 Å². The number of aliphatic hydroxyl groups excluding tert-OH is 1. The Balaban J connectivity index is 2.21. The second kappa shape index (κ2) is 6.46. The van der Waals surface area contributed by atoms with E-state index in [0.29, 0.717) is 16.3 Å². The lowest BCUT2D eigenvalue weighted by atomic mass is 9.97. The Morgan fingerprint density at radius 2 is 1.90 bits per heavy atom. The zero-order chi connectivity index (χ0) is 15.6. The Labute approximate surface area is 129 Å². The highest BCUT2D eigenvalue weighted by atomic mass is 35.5. The lowest BCUT2D eigenvalue weighted by molar-refractivity contribution is 0.0439. The molecule has 0 saturated carbocycles. The third-order valence-corrected chi connectivity index (χ3v) is 3.57. The SMILES string of the molecule is Cc1cc(C)c(C(O)C(C)Oc2cccc(Cl)c2)c(F)c1.